The van der Waals surface area contributed by atoms with Gasteiger partial charge in [-0.25, -0.2) is 0 Å². The van der Waals surface area contributed by atoms with Gasteiger partial charge >= 0.3 is 0 Å². The molecule has 0 saturated heterocycles. The van der Waals surface area contributed by atoms with Crippen molar-refractivity contribution < 1.29 is 0 Å². The van der Waals surface area contributed by atoms with Crippen molar-refractivity contribution in [3.05, 3.63) is 21.9 Å². The number of rotatable bonds is 3. The summed E-state index contributed by atoms with van der Waals surface area (Å²) in [5, 5.41) is 2.12. The summed E-state index contributed by atoms with van der Waals surface area (Å²) in [6.07, 6.45) is 0. The van der Waals surface area contributed by atoms with Gasteiger partial charge < -0.3 is 10.6 Å². The molecule has 1 aromatic rings. The van der Waals surface area contributed by atoms with E-state index in [9.17, 15) is 0 Å². The number of hydrogen-bond acceptors (Lipinski definition) is 3. The van der Waals surface area contributed by atoms with E-state index in [1.807, 2.05) is 0 Å². The topological polar surface area (TPSA) is 29.3 Å². The Morgan fingerprint density at radius 2 is 2.25 bits per heavy atom. The normalized spacial score (nSPS) is 13.8. The molecule has 0 saturated carbocycles. The summed E-state index contributed by atoms with van der Waals surface area (Å²) < 4.78 is 0. The van der Waals surface area contributed by atoms with Crippen molar-refractivity contribution in [3.63, 3.8) is 0 Å². The van der Waals surface area contributed by atoms with Gasteiger partial charge in [-0.2, -0.15) is 0 Å². The third-order valence-corrected chi connectivity index (χ3v) is 3.17. The van der Waals surface area contributed by atoms with Gasteiger partial charge in [0.1, 0.15) is 0 Å². The highest BCUT2D eigenvalue weighted by Crippen LogP contribution is 2.25. The van der Waals surface area contributed by atoms with E-state index in [4.69, 9.17) is 5.73 Å². The first-order valence-corrected chi connectivity index (χ1v) is 4.95. The lowest BCUT2D eigenvalue weighted by atomic mass is 10.1. The van der Waals surface area contributed by atoms with Crippen LogP contribution in [0.2, 0.25) is 0 Å². The monoisotopic (exact) mass is 184 g/mol. The second-order valence-electron chi connectivity index (χ2n) is 3.18. The Balaban J connectivity index is 2.87. The molecule has 2 nitrogen and oxygen atoms in total. The van der Waals surface area contributed by atoms with Crippen molar-refractivity contribution in [1.29, 1.82) is 0 Å². The van der Waals surface area contributed by atoms with E-state index in [0.29, 0.717) is 12.6 Å². The van der Waals surface area contributed by atoms with Crippen molar-refractivity contribution >= 4 is 11.3 Å². The highest BCUT2D eigenvalue weighted by molar-refractivity contribution is 7.10. The number of aryl methyl sites for hydroxylation is 1. The molecule has 0 amide bonds. The van der Waals surface area contributed by atoms with E-state index in [-0.39, 0.29) is 0 Å². The minimum atomic E-state index is 0.380. The maximum atomic E-state index is 5.70. The predicted molar refractivity (Wildman–Crippen MR) is 54.5 cm³/mol. The van der Waals surface area contributed by atoms with Crippen LogP contribution >= 0.6 is 11.3 Å². The summed E-state index contributed by atoms with van der Waals surface area (Å²) in [6, 6.07) is 2.52. The first-order valence-electron chi connectivity index (χ1n) is 4.07. The molecule has 1 unspecified atom stereocenters. The number of likely N-dealkylation sites (N-methyl/N-ethyl adjacent to an activating group) is 1. The second kappa shape index (κ2) is 4.03. The van der Waals surface area contributed by atoms with Crippen LogP contribution in [0.1, 0.15) is 16.5 Å². The van der Waals surface area contributed by atoms with Crippen molar-refractivity contribution in [3.8, 4) is 0 Å². The van der Waals surface area contributed by atoms with Crippen LogP contribution in [0.4, 0.5) is 0 Å². The Kier molecular flexibility index (Phi) is 3.26. The van der Waals surface area contributed by atoms with E-state index in [1.54, 1.807) is 11.3 Å². The van der Waals surface area contributed by atoms with Gasteiger partial charge in [0.2, 0.25) is 0 Å². The van der Waals surface area contributed by atoms with Crippen molar-refractivity contribution in [2.24, 2.45) is 5.73 Å². The van der Waals surface area contributed by atoms with Gasteiger partial charge in [-0.1, -0.05) is 0 Å². The molecule has 1 atom stereocenters. The van der Waals surface area contributed by atoms with Crippen LogP contribution in [0.25, 0.3) is 0 Å². The molecule has 0 bridgehead atoms. The molecule has 1 heterocycles. The van der Waals surface area contributed by atoms with Gasteiger partial charge in [-0.15, -0.1) is 11.3 Å². The van der Waals surface area contributed by atoms with E-state index >= 15 is 0 Å². The Morgan fingerprint density at radius 3 is 2.58 bits per heavy atom. The Labute approximate surface area is 78.0 Å². The van der Waals surface area contributed by atoms with Gasteiger partial charge in [0.25, 0.3) is 0 Å². The van der Waals surface area contributed by atoms with E-state index < -0.39 is 0 Å². The summed E-state index contributed by atoms with van der Waals surface area (Å²) >= 11 is 1.79. The average Bonchev–Trinajstić information content (AvgIpc) is 2.38. The van der Waals surface area contributed by atoms with Gasteiger partial charge in [0, 0.05) is 11.4 Å². The van der Waals surface area contributed by atoms with Crippen LogP contribution in [0, 0.1) is 6.92 Å². The maximum absolute atomic E-state index is 5.70. The second-order valence-corrected chi connectivity index (χ2v) is 4.13. The fourth-order valence-electron chi connectivity index (χ4n) is 1.28. The molecule has 12 heavy (non-hydrogen) atoms. The van der Waals surface area contributed by atoms with Gasteiger partial charge in [0.05, 0.1) is 6.04 Å². The average molecular weight is 184 g/mol. The summed E-state index contributed by atoms with van der Waals surface area (Å²) in [5.41, 5.74) is 7.05. The number of hydrogen-bond donors (Lipinski definition) is 1. The smallest absolute Gasteiger partial charge is 0.0562 e. The predicted octanol–water partition coefficient (Wildman–Crippen LogP) is 1.62. The lowest BCUT2D eigenvalue weighted by molar-refractivity contribution is 0.309. The maximum Gasteiger partial charge on any atom is 0.0562 e. The molecule has 68 valence electrons. The molecule has 3 heteroatoms. The summed E-state index contributed by atoms with van der Waals surface area (Å²) in [7, 11) is 4.13. The number of nitrogens with two attached hydrogens (primary N) is 1. The molecule has 1 rings (SSSR count). The number of thiophene rings is 1. The van der Waals surface area contributed by atoms with Crippen LogP contribution in [0.15, 0.2) is 11.4 Å². The SMILES string of the molecule is Cc1ccsc1C(CN)N(C)C. The fourth-order valence-corrected chi connectivity index (χ4v) is 2.42. The molecule has 1 aromatic heterocycles. The summed E-state index contributed by atoms with van der Waals surface area (Å²) in [4.78, 5) is 3.56. The van der Waals surface area contributed by atoms with Gasteiger partial charge in [-0.3, -0.25) is 0 Å². The van der Waals surface area contributed by atoms with E-state index in [1.165, 1.54) is 10.4 Å². The third-order valence-electron chi connectivity index (χ3n) is 2.05. The van der Waals surface area contributed by atoms with Crippen molar-refractivity contribution in [2.75, 3.05) is 20.6 Å². The molecule has 0 aliphatic carbocycles. The largest absolute Gasteiger partial charge is 0.329 e. The summed E-state index contributed by atoms with van der Waals surface area (Å²) in [5.74, 6) is 0. The lowest BCUT2D eigenvalue weighted by Crippen LogP contribution is -2.26. The highest BCUT2D eigenvalue weighted by Gasteiger charge is 2.14. The molecule has 0 aliphatic rings. The van der Waals surface area contributed by atoms with Crippen LogP contribution in [-0.2, 0) is 0 Å². The number of nitrogens with zero attached hydrogens (tertiary/aromatic N) is 1. The van der Waals surface area contributed by atoms with Crippen LogP contribution in [0.5, 0.6) is 0 Å². The Bertz CT molecular complexity index is 242. The molecular formula is C9H16N2S. The molecule has 0 aliphatic heterocycles. The van der Waals surface area contributed by atoms with Crippen LogP contribution in [0.3, 0.4) is 0 Å². The quantitative estimate of drug-likeness (QED) is 0.773. The summed E-state index contributed by atoms with van der Waals surface area (Å²) in [6.45, 7) is 2.83. The van der Waals surface area contributed by atoms with Crippen LogP contribution in [-0.4, -0.2) is 25.5 Å². The van der Waals surface area contributed by atoms with Crippen molar-refractivity contribution in [1.82, 2.24) is 4.90 Å². The Morgan fingerprint density at radius 1 is 1.58 bits per heavy atom. The Hall–Kier alpha value is -0.380. The highest BCUT2D eigenvalue weighted by atomic mass is 32.1. The molecule has 0 spiro atoms. The van der Waals surface area contributed by atoms with Gasteiger partial charge in [-0.05, 0) is 38.0 Å². The lowest BCUT2D eigenvalue weighted by Gasteiger charge is -2.22. The molecular weight excluding hydrogens is 168 g/mol. The first kappa shape index (κ1) is 9.71. The minimum Gasteiger partial charge on any atom is -0.329 e. The fraction of sp³-hybridized carbons (Fsp3) is 0.556. The van der Waals surface area contributed by atoms with E-state index in [0.717, 1.165) is 0 Å². The zero-order valence-electron chi connectivity index (χ0n) is 7.87. The molecule has 0 aromatic carbocycles. The van der Waals surface area contributed by atoms with E-state index in [2.05, 4.69) is 37.4 Å². The van der Waals surface area contributed by atoms with Crippen molar-refractivity contribution in [2.45, 2.75) is 13.0 Å². The van der Waals surface area contributed by atoms with Gasteiger partial charge in [0.15, 0.2) is 0 Å². The molecule has 2 N–H and O–H groups in total. The molecule has 0 fully saturated rings. The standard InChI is InChI=1S/C9H16N2S/c1-7-4-5-12-9(7)8(6-10)11(2)3/h4-5,8H,6,10H2,1-3H3. The van der Waals surface area contributed by atoms with Crippen LogP contribution < -0.4 is 5.73 Å². The third kappa shape index (κ3) is 1.86. The zero-order valence-corrected chi connectivity index (χ0v) is 8.69. The molecule has 0 radical (unpaired) electrons. The first-order chi connectivity index (χ1) is 5.66. The minimum absolute atomic E-state index is 0.380. The zero-order chi connectivity index (χ0) is 9.14.